The summed E-state index contributed by atoms with van der Waals surface area (Å²) in [5.74, 6) is 2.07. The lowest BCUT2D eigenvalue weighted by molar-refractivity contribution is 0.0735. The van der Waals surface area contributed by atoms with Crippen molar-refractivity contribution in [1.29, 1.82) is 0 Å². The molecule has 1 saturated heterocycles. The van der Waals surface area contributed by atoms with Crippen molar-refractivity contribution >= 4 is 5.82 Å². The summed E-state index contributed by atoms with van der Waals surface area (Å²) in [7, 11) is 0. The van der Waals surface area contributed by atoms with E-state index >= 15 is 0 Å². The van der Waals surface area contributed by atoms with Crippen LogP contribution in [0.3, 0.4) is 0 Å². The molecule has 2 aliphatic carbocycles. The van der Waals surface area contributed by atoms with E-state index < -0.39 is 0 Å². The summed E-state index contributed by atoms with van der Waals surface area (Å²) in [6.07, 6.45) is 11.9. The number of hydrogen-bond acceptors (Lipinski definition) is 5. The molecule has 2 heterocycles. The average molecular weight is 385 g/mol. The zero-order chi connectivity index (χ0) is 19.7. The Morgan fingerprint density at radius 2 is 2.00 bits per heavy atom. The molecule has 0 spiro atoms. The van der Waals surface area contributed by atoms with Crippen molar-refractivity contribution in [2.75, 3.05) is 25.0 Å². The van der Waals surface area contributed by atoms with Gasteiger partial charge in [0.05, 0.1) is 18.3 Å². The van der Waals surface area contributed by atoms with Crippen molar-refractivity contribution in [3.63, 3.8) is 0 Å². The van der Waals surface area contributed by atoms with Crippen molar-refractivity contribution in [2.24, 2.45) is 17.3 Å². The van der Waals surface area contributed by atoms with Gasteiger partial charge in [0.15, 0.2) is 0 Å². The smallest absolute Gasteiger partial charge is 0.144 e. The number of aliphatic hydroxyl groups excluding tert-OH is 1. The van der Waals surface area contributed by atoms with E-state index in [1.807, 2.05) is 0 Å². The molecule has 2 N–H and O–H groups in total. The zero-order valence-corrected chi connectivity index (χ0v) is 17.7. The molecule has 0 aromatic carbocycles. The number of aromatic nitrogens is 2. The minimum atomic E-state index is -0.301. The van der Waals surface area contributed by atoms with Crippen LogP contribution in [0.5, 0.6) is 0 Å². The van der Waals surface area contributed by atoms with Crippen LogP contribution in [0.1, 0.15) is 59.3 Å². The Hall–Kier alpha value is -1.46. The number of nitrogens with zero attached hydrogens (tertiary/aromatic N) is 3. The average Bonchev–Trinajstić information content (AvgIpc) is 3.03. The van der Waals surface area contributed by atoms with Crippen LogP contribution in [0.15, 0.2) is 29.7 Å². The topological polar surface area (TPSA) is 61.3 Å². The summed E-state index contributed by atoms with van der Waals surface area (Å²) < 4.78 is 0. The van der Waals surface area contributed by atoms with E-state index in [0.29, 0.717) is 17.3 Å². The first kappa shape index (κ1) is 19.8. The number of likely N-dealkylation sites (tertiary alicyclic amines) is 1. The molecule has 0 bridgehead atoms. The number of nitrogens with one attached hydrogen (secondary N) is 1. The van der Waals surface area contributed by atoms with Crippen LogP contribution in [0.4, 0.5) is 5.82 Å². The zero-order valence-electron chi connectivity index (χ0n) is 17.7. The van der Waals surface area contributed by atoms with Crippen LogP contribution in [-0.2, 0) is 0 Å². The van der Waals surface area contributed by atoms with Gasteiger partial charge in [-0.2, -0.15) is 0 Å². The monoisotopic (exact) mass is 384 g/mol. The molecule has 154 valence electrons. The van der Waals surface area contributed by atoms with Gasteiger partial charge in [0.25, 0.3) is 0 Å². The highest BCUT2D eigenvalue weighted by molar-refractivity contribution is 5.32. The highest BCUT2D eigenvalue weighted by atomic mass is 16.3. The van der Waals surface area contributed by atoms with E-state index in [1.54, 1.807) is 29.7 Å². The second-order valence-electron chi connectivity index (χ2n) is 9.91. The number of allylic oxidation sites excluding steroid dienone is 1. The van der Waals surface area contributed by atoms with Crippen LogP contribution < -0.4 is 5.32 Å². The molecule has 5 nitrogen and oxygen atoms in total. The van der Waals surface area contributed by atoms with Crippen molar-refractivity contribution in [1.82, 2.24) is 14.9 Å². The highest BCUT2D eigenvalue weighted by Crippen LogP contribution is 2.43. The van der Waals surface area contributed by atoms with Crippen LogP contribution in [0, 0.1) is 17.3 Å². The third kappa shape index (κ3) is 4.25. The molecule has 0 amide bonds. The van der Waals surface area contributed by atoms with Gasteiger partial charge in [-0.3, -0.25) is 4.98 Å². The van der Waals surface area contributed by atoms with Gasteiger partial charge in [-0.1, -0.05) is 25.0 Å². The van der Waals surface area contributed by atoms with Gasteiger partial charge in [0.1, 0.15) is 5.82 Å². The molecule has 4 rings (SSSR count). The lowest BCUT2D eigenvalue weighted by Gasteiger charge is -2.35. The molecule has 5 heteroatoms. The van der Waals surface area contributed by atoms with Gasteiger partial charge in [-0.25, -0.2) is 4.98 Å². The third-order valence-electron chi connectivity index (χ3n) is 7.48. The maximum Gasteiger partial charge on any atom is 0.144 e. The predicted molar refractivity (Wildman–Crippen MR) is 113 cm³/mol. The van der Waals surface area contributed by atoms with Gasteiger partial charge in [-0.05, 0) is 62.7 Å². The van der Waals surface area contributed by atoms with Crippen molar-refractivity contribution in [3.8, 4) is 0 Å². The lowest BCUT2D eigenvalue weighted by Crippen LogP contribution is -2.43. The van der Waals surface area contributed by atoms with Gasteiger partial charge in [0.2, 0.25) is 0 Å². The maximum absolute atomic E-state index is 10.7. The van der Waals surface area contributed by atoms with Gasteiger partial charge in [-0.15, -0.1) is 0 Å². The Labute approximate surface area is 169 Å². The SMILES string of the molecule is CC1=C(CCN2C[C@H]3C[C@@H](Nc4cnccn4)[C@H](O)C[C@H]3C2)C(C)(C)CCC1. The molecule has 0 unspecified atom stereocenters. The maximum atomic E-state index is 10.7. The lowest BCUT2D eigenvalue weighted by atomic mass is 9.71. The fourth-order valence-corrected chi connectivity index (χ4v) is 5.93. The Morgan fingerprint density at radius 3 is 2.71 bits per heavy atom. The molecule has 4 atom stereocenters. The van der Waals surface area contributed by atoms with Crippen LogP contribution >= 0.6 is 0 Å². The van der Waals surface area contributed by atoms with Crippen LogP contribution in [0.2, 0.25) is 0 Å². The molecule has 2 fully saturated rings. The fraction of sp³-hybridized carbons (Fsp3) is 0.739. The van der Waals surface area contributed by atoms with E-state index in [9.17, 15) is 5.11 Å². The normalized spacial score (nSPS) is 33.0. The molecule has 1 aromatic rings. The molecule has 1 saturated carbocycles. The Balaban J connectivity index is 1.33. The quantitative estimate of drug-likeness (QED) is 0.755. The fourth-order valence-electron chi connectivity index (χ4n) is 5.93. The Kier molecular flexibility index (Phi) is 5.75. The number of fused-ring (bicyclic) bond motifs is 1. The van der Waals surface area contributed by atoms with Gasteiger partial charge in [0, 0.05) is 32.0 Å². The van der Waals surface area contributed by atoms with E-state index in [2.05, 4.69) is 41.0 Å². The summed E-state index contributed by atoms with van der Waals surface area (Å²) >= 11 is 0. The van der Waals surface area contributed by atoms with E-state index in [1.165, 1.54) is 38.8 Å². The second-order valence-corrected chi connectivity index (χ2v) is 9.91. The number of hydrogen-bond donors (Lipinski definition) is 2. The molecular weight excluding hydrogens is 348 g/mol. The molecule has 28 heavy (non-hydrogen) atoms. The van der Waals surface area contributed by atoms with Gasteiger partial charge >= 0.3 is 0 Å². The largest absolute Gasteiger partial charge is 0.391 e. The number of aliphatic hydroxyl groups is 1. The molecule has 0 radical (unpaired) electrons. The van der Waals surface area contributed by atoms with Crippen LogP contribution in [0.25, 0.3) is 0 Å². The Bertz CT molecular complexity index is 702. The summed E-state index contributed by atoms with van der Waals surface area (Å²) in [5, 5.41) is 14.1. The first-order valence-electron chi connectivity index (χ1n) is 11.0. The minimum absolute atomic E-state index is 0.0835. The van der Waals surface area contributed by atoms with Crippen molar-refractivity contribution in [3.05, 3.63) is 29.7 Å². The number of anilines is 1. The van der Waals surface area contributed by atoms with E-state index in [0.717, 1.165) is 25.2 Å². The van der Waals surface area contributed by atoms with E-state index in [4.69, 9.17) is 0 Å². The van der Waals surface area contributed by atoms with Crippen molar-refractivity contribution in [2.45, 2.75) is 71.4 Å². The predicted octanol–water partition coefficient (Wildman–Crippen LogP) is 3.88. The molecular formula is C23H36N4O. The van der Waals surface area contributed by atoms with Gasteiger partial charge < -0.3 is 15.3 Å². The summed E-state index contributed by atoms with van der Waals surface area (Å²) in [5.41, 5.74) is 3.71. The summed E-state index contributed by atoms with van der Waals surface area (Å²) in [6, 6.07) is 0.0835. The summed E-state index contributed by atoms with van der Waals surface area (Å²) in [4.78, 5) is 11.1. The van der Waals surface area contributed by atoms with E-state index in [-0.39, 0.29) is 12.1 Å². The highest BCUT2D eigenvalue weighted by Gasteiger charge is 2.42. The van der Waals surface area contributed by atoms with Crippen LogP contribution in [-0.4, -0.2) is 51.8 Å². The first-order chi connectivity index (χ1) is 13.4. The molecule has 3 aliphatic rings. The molecule has 1 aromatic heterocycles. The summed E-state index contributed by atoms with van der Waals surface area (Å²) in [6.45, 7) is 10.7. The second kappa shape index (κ2) is 8.11. The molecule has 1 aliphatic heterocycles. The third-order valence-corrected chi connectivity index (χ3v) is 7.48. The van der Waals surface area contributed by atoms with Crippen molar-refractivity contribution < 1.29 is 5.11 Å². The number of rotatable bonds is 5. The Morgan fingerprint density at radius 1 is 1.21 bits per heavy atom. The minimum Gasteiger partial charge on any atom is -0.391 e. The first-order valence-corrected chi connectivity index (χ1v) is 11.0. The standard InChI is InChI=1S/C23H36N4O/c1-16-5-4-7-23(2,3)19(16)6-10-27-14-17-11-20(21(28)12-18(17)15-27)26-22-13-24-8-9-25-22/h8-9,13,17-18,20-21,28H,4-7,10-12,14-15H2,1-3H3,(H,25,26)/t17-,18+,20-,21-/m1/s1.